The first-order chi connectivity index (χ1) is 8.69. The van der Waals surface area contributed by atoms with Crippen molar-refractivity contribution in [3.05, 3.63) is 35.4 Å². The van der Waals surface area contributed by atoms with Gasteiger partial charge in [-0.2, -0.15) is 0 Å². The van der Waals surface area contributed by atoms with E-state index in [2.05, 4.69) is 11.4 Å². The Kier molecular flexibility index (Phi) is 4.37. The van der Waals surface area contributed by atoms with Crippen LogP contribution in [0.5, 0.6) is 0 Å². The van der Waals surface area contributed by atoms with E-state index in [0.29, 0.717) is 18.9 Å². The van der Waals surface area contributed by atoms with Crippen LogP contribution < -0.4 is 11.1 Å². The highest BCUT2D eigenvalue weighted by molar-refractivity contribution is 5.79. The van der Waals surface area contributed by atoms with Gasteiger partial charge in [0.1, 0.15) is 0 Å². The average Bonchev–Trinajstić information content (AvgIpc) is 2.76. The third kappa shape index (κ3) is 3.33. The Labute approximate surface area is 109 Å². The van der Waals surface area contributed by atoms with Gasteiger partial charge in [-0.15, -0.1) is 0 Å². The number of rotatable bonds is 4. The van der Waals surface area contributed by atoms with Crippen molar-refractivity contribution in [2.75, 3.05) is 6.54 Å². The number of nitrogens with one attached hydrogen (secondary N) is 1. The smallest absolute Gasteiger partial charge is 0.224 e. The number of hydrogen-bond donors (Lipinski definition) is 2. The number of hydrogen-bond acceptors (Lipinski definition) is 2. The summed E-state index contributed by atoms with van der Waals surface area (Å²) < 4.78 is 0. The highest BCUT2D eigenvalue weighted by Gasteiger charge is 2.27. The molecule has 3 nitrogen and oxygen atoms in total. The molecule has 0 bridgehead atoms. The number of benzene rings is 1. The molecule has 0 saturated heterocycles. The number of nitrogens with two attached hydrogens (primary N) is 1. The zero-order valence-electron chi connectivity index (χ0n) is 11.0. The standard InChI is InChI=1S/C15H22N2O/c1-11-4-2-5-12(8-11)9-15(18)17-14-7-3-6-13(14)10-16/h2,4-5,8,13-14H,3,6-7,9-10,16H2,1H3,(H,17,18). The van der Waals surface area contributed by atoms with Crippen molar-refractivity contribution in [2.24, 2.45) is 11.7 Å². The van der Waals surface area contributed by atoms with E-state index in [1.807, 2.05) is 25.1 Å². The zero-order valence-corrected chi connectivity index (χ0v) is 11.0. The van der Waals surface area contributed by atoms with Crippen LogP contribution in [0.4, 0.5) is 0 Å². The lowest BCUT2D eigenvalue weighted by molar-refractivity contribution is -0.121. The largest absolute Gasteiger partial charge is 0.353 e. The number of carbonyl (C=O) groups excluding carboxylic acids is 1. The normalized spacial score (nSPS) is 23.0. The molecule has 1 amide bonds. The molecule has 0 radical (unpaired) electrons. The highest BCUT2D eigenvalue weighted by atomic mass is 16.1. The molecule has 1 aromatic carbocycles. The maximum Gasteiger partial charge on any atom is 0.224 e. The molecule has 2 atom stereocenters. The van der Waals surface area contributed by atoms with Crippen LogP contribution in [0.25, 0.3) is 0 Å². The SMILES string of the molecule is Cc1cccc(CC(=O)NC2CCCC2CN)c1. The second-order valence-electron chi connectivity index (χ2n) is 5.27. The minimum Gasteiger partial charge on any atom is -0.353 e. The summed E-state index contributed by atoms with van der Waals surface area (Å²) in [6.07, 6.45) is 3.86. The maximum absolute atomic E-state index is 12.0. The summed E-state index contributed by atoms with van der Waals surface area (Å²) in [7, 11) is 0. The van der Waals surface area contributed by atoms with E-state index >= 15 is 0 Å². The molecule has 2 rings (SSSR count). The van der Waals surface area contributed by atoms with Crippen LogP contribution in [0.3, 0.4) is 0 Å². The first-order valence-corrected chi connectivity index (χ1v) is 6.74. The van der Waals surface area contributed by atoms with E-state index in [0.717, 1.165) is 18.4 Å². The van der Waals surface area contributed by atoms with Crippen molar-refractivity contribution in [3.63, 3.8) is 0 Å². The van der Waals surface area contributed by atoms with Crippen LogP contribution in [0.2, 0.25) is 0 Å². The van der Waals surface area contributed by atoms with Crippen molar-refractivity contribution < 1.29 is 4.79 Å². The fourth-order valence-corrected chi connectivity index (χ4v) is 2.77. The molecule has 1 saturated carbocycles. The molecular weight excluding hydrogens is 224 g/mol. The first kappa shape index (κ1) is 13.1. The Bertz CT molecular complexity index is 417. The second-order valence-corrected chi connectivity index (χ2v) is 5.27. The predicted octanol–water partition coefficient (Wildman–Crippen LogP) is 1.78. The lowest BCUT2D eigenvalue weighted by Crippen LogP contribution is -2.40. The van der Waals surface area contributed by atoms with Gasteiger partial charge in [-0.25, -0.2) is 0 Å². The minimum atomic E-state index is 0.117. The van der Waals surface area contributed by atoms with E-state index in [1.54, 1.807) is 0 Å². The van der Waals surface area contributed by atoms with Crippen LogP contribution in [-0.2, 0) is 11.2 Å². The molecule has 3 heteroatoms. The van der Waals surface area contributed by atoms with Gasteiger partial charge in [0.05, 0.1) is 6.42 Å². The van der Waals surface area contributed by atoms with Gasteiger partial charge in [-0.1, -0.05) is 36.2 Å². The second kappa shape index (κ2) is 6.01. The molecule has 0 aliphatic heterocycles. The Morgan fingerprint density at radius 2 is 2.28 bits per heavy atom. The van der Waals surface area contributed by atoms with Gasteiger partial charge in [-0.3, -0.25) is 4.79 Å². The van der Waals surface area contributed by atoms with Crippen LogP contribution in [0.1, 0.15) is 30.4 Å². The molecule has 1 aliphatic rings. The van der Waals surface area contributed by atoms with Gasteiger partial charge in [0.25, 0.3) is 0 Å². The number of amides is 1. The molecule has 0 spiro atoms. The Morgan fingerprint density at radius 1 is 1.44 bits per heavy atom. The zero-order chi connectivity index (χ0) is 13.0. The quantitative estimate of drug-likeness (QED) is 0.851. The molecule has 3 N–H and O–H groups in total. The molecule has 1 fully saturated rings. The van der Waals surface area contributed by atoms with Gasteiger partial charge < -0.3 is 11.1 Å². The van der Waals surface area contributed by atoms with Crippen LogP contribution in [-0.4, -0.2) is 18.5 Å². The van der Waals surface area contributed by atoms with Crippen molar-refractivity contribution in [1.82, 2.24) is 5.32 Å². The highest BCUT2D eigenvalue weighted by Crippen LogP contribution is 2.24. The summed E-state index contributed by atoms with van der Waals surface area (Å²) >= 11 is 0. The van der Waals surface area contributed by atoms with E-state index in [9.17, 15) is 4.79 Å². The van der Waals surface area contributed by atoms with E-state index in [-0.39, 0.29) is 11.9 Å². The molecule has 0 heterocycles. The van der Waals surface area contributed by atoms with Gasteiger partial charge in [0.2, 0.25) is 5.91 Å². The van der Waals surface area contributed by atoms with Gasteiger partial charge in [-0.05, 0) is 37.8 Å². The van der Waals surface area contributed by atoms with Gasteiger partial charge >= 0.3 is 0 Å². The molecular formula is C15H22N2O. The topological polar surface area (TPSA) is 55.1 Å². The van der Waals surface area contributed by atoms with Crippen molar-refractivity contribution in [3.8, 4) is 0 Å². The Balaban J connectivity index is 1.89. The molecule has 98 valence electrons. The van der Waals surface area contributed by atoms with E-state index in [1.165, 1.54) is 12.0 Å². The first-order valence-electron chi connectivity index (χ1n) is 6.74. The monoisotopic (exact) mass is 246 g/mol. The predicted molar refractivity (Wildman–Crippen MR) is 73.2 cm³/mol. The Hall–Kier alpha value is -1.35. The van der Waals surface area contributed by atoms with Gasteiger partial charge in [0, 0.05) is 6.04 Å². The Morgan fingerprint density at radius 3 is 3.00 bits per heavy atom. The van der Waals surface area contributed by atoms with Crippen LogP contribution >= 0.6 is 0 Å². The van der Waals surface area contributed by atoms with Crippen molar-refractivity contribution in [1.29, 1.82) is 0 Å². The van der Waals surface area contributed by atoms with Crippen LogP contribution in [0.15, 0.2) is 24.3 Å². The summed E-state index contributed by atoms with van der Waals surface area (Å²) in [4.78, 5) is 12.0. The molecule has 0 aromatic heterocycles. The van der Waals surface area contributed by atoms with Crippen molar-refractivity contribution in [2.45, 2.75) is 38.6 Å². The minimum absolute atomic E-state index is 0.117. The number of carbonyl (C=O) groups is 1. The fraction of sp³-hybridized carbons (Fsp3) is 0.533. The fourth-order valence-electron chi connectivity index (χ4n) is 2.77. The maximum atomic E-state index is 12.0. The molecule has 1 aliphatic carbocycles. The lowest BCUT2D eigenvalue weighted by atomic mass is 10.0. The summed E-state index contributed by atoms with van der Waals surface area (Å²) in [6.45, 7) is 2.72. The molecule has 2 unspecified atom stereocenters. The third-order valence-electron chi connectivity index (χ3n) is 3.76. The summed E-state index contributed by atoms with van der Waals surface area (Å²) in [5.74, 6) is 0.581. The summed E-state index contributed by atoms with van der Waals surface area (Å²) in [6, 6.07) is 8.39. The number of aryl methyl sites for hydroxylation is 1. The third-order valence-corrected chi connectivity index (χ3v) is 3.76. The molecule has 18 heavy (non-hydrogen) atoms. The molecule has 1 aromatic rings. The van der Waals surface area contributed by atoms with Crippen LogP contribution in [0, 0.1) is 12.8 Å². The summed E-state index contributed by atoms with van der Waals surface area (Å²) in [5.41, 5.74) is 7.99. The van der Waals surface area contributed by atoms with Crippen molar-refractivity contribution >= 4 is 5.91 Å². The van der Waals surface area contributed by atoms with Gasteiger partial charge in [0.15, 0.2) is 0 Å². The van der Waals surface area contributed by atoms with E-state index in [4.69, 9.17) is 5.73 Å². The van der Waals surface area contributed by atoms with E-state index < -0.39 is 0 Å². The lowest BCUT2D eigenvalue weighted by Gasteiger charge is -2.19. The average molecular weight is 246 g/mol. The summed E-state index contributed by atoms with van der Waals surface area (Å²) in [5, 5.41) is 3.13.